The van der Waals surface area contributed by atoms with Gasteiger partial charge in [-0.05, 0) is 51.3 Å². The van der Waals surface area contributed by atoms with E-state index in [1.54, 1.807) is 0 Å². The lowest BCUT2D eigenvalue weighted by molar-refractivity contribution is 0.0529. The number of nitrogen functional groups attached to an aromatic ring is 1. The zero-order chi connectivity index (χ0) is 18.7. The van der Waals surface area contributed by atoms with Gasteiger partial charge >= 0.3 is 5.97 Å². The van der Waals surface area contributed by atoms with Gasteiger partial charge < -0.3 is 10.5 Å². The van der Waals surface area contributed by atoms with E-state index in [1.807, 2.05) is 6.92 Å². The number of anilines is 1. The summed E-state index contributed by atoms with van der Waals surface area (Å²) in [6, 6.07) is 8.29. The molecular formula is C21H28N2O2S. The average molecular weight is 373 g/mol. The van der Waals surface area contributed by atoms with Crippen LogP contribution in [0.4, 0.5) is 5.00 Å². The van der Waals surface area contributed by atoms with E-state index in [9.17, 15) is 4.79 Å². The third-order valence-corrected chi connectivity index (χ3v) is 6.08. The van der Waals surface area contributed by atoms with E-state index in [0.29, 0.717) is 17.2 Å². The standard InChI is InChI=1S/C21H28N2O2S/c1-4-25-21(24)19-18(16-7-5-14(2)6-8-16)17(26-20(19)22)13-23-11-9-15(3)10-12-23/h5-8,15H,4,9-13,22H2,1-3H3. The molecule has 1 aliphatic rings. The first-order valence-electron chi connectivity index (χ1n) is 9.37. The summed E-state index contributed by atoms with van der Waals surface area (Å²) in [5.74, 6) is 0.474. The highest BCUT2D eigenvalue weighted by Crippen LogP contribution is 2.40. The van der Waals surface area contributed by atoms with Gasteiger partial charge in [0.05, 0.1) is 6.61 Å². The second-order valence-corrected chi connectivity index (χ2v) is 8.32. The highest BCUT2D eigenvalue weighted by atomic mass is 32.1. The molecule has 2 heterocycles. The molecule has 140 valence electrons. The van der Waals surface area contributed by atoms with E-state index in [0.717, 1.165) is 41.6 Å². The van der Waals surface area contributed by atoms with E-state index in [-0.39, 0.29) is 5.97 Å². The number of thiophene rings is 1. The Labute approximate surface area is 160 Å². The van der Waals surface area contributed by atoms with E-state index in [1.165, 1.54) is 29.7 Å². The van der Waals surface area contributed by atoms with Crippen molar-refractivity contribution in [1.82, 2.24) is 4.90 Å². The van der Waals surface area contributed by atoms with E-state index in [2.05, 4.69) is 43.0 Å². The number of hydrogen-bond donors (Lipinski definition) is 1. The van der Waals surface area contributed by atoms with Crippen LogP contribution in [0.15, 0.2) is 24.3 Å². The zero-order valence-electron chi connectivity index (χ0n) is 15.9. The summed E-state index contributed by atoms with van der Waals surface area (Å²) in [5, 5.41) is 0.555. The van der Waals surface area contributed by atoms with Crippen molar-refractivity contribution in [3.8, 4) is 11.1 Å². The Morgan fingerprint density at radius 2 is 1.92 bits per heavy atom. The minimum Gasteiger partial charge on any atom is -0.462 e. The number of rotatable bonds is 5. The van der Waals surface area contributed by atoms with Crippen LogP contribution < -0.4 is 5.73 Å². The summed E-state index contributed by atoms with van der Waals surface area (Å²) in [6.07, 6.45) is 2.46. The summed E-state index contributed by atoms with van der Waals surface area (Å²) >= 11 is 1.52. The van der Waals surface area contributed by atoms with Gasteiger partial charge in [-0.25, -0.2) is 4.79 Å². The lowest BCUT2D eigenvalue weighted by Gasteiger charge is -2.30. The molecule has 2 aromatic rings. The van der Waals surface area contributed by atoms with Gasteiger partial charge in [-0.1, -0.05) is 36.8 Å². The molecule has 1 saturated heterocycles. The van der Waals surface area contributed by atoms with Crippen LogP contribution in [0.25, 0.3) is 11.1 Å². The summed E-state index contributed by atoms with van der Waals surface area (Å²) < 4.78 is 5.29. The first-order chi connectivity index (χ1) is 12.5. The van der Waals surface area contributed by atoms with Crippen molar-refractivity contribution in [2.24, 2.45) is 5.92 Å². The third-order valence-electron chi connectivity index (χ3n) is 5.07. The second kappa shape index (κ2) is 8.23. The molecule has 0 saturated carbocycles. The summed E-state index contributed by atoms with van der Waals surface area (Å²) in [4.78, 5) is 16.2. The van der Waals surface area contributed by atoms with E-state index in [4.69, 9.17) is 10.5 Å². The van der Waals surface area contributed by atoms with Gasteiger partial charge in [-0.2, -0.15) is 0 Å². The maximum Gasteiger partial charge on any atom is 0.341 e. The quantitative estimate of drug-likeness (QED) is 0.772. The molecule has 2 N–H and O–H groups in total. The monoisotopic (exact) mass is 372 g/mol. The van der Waals surface area contributed by atoms with Crippen molar-refractivity contribution < 1.29 is 9.53 Å². The lowest BCUT2D eigenvalue weighted by atomic mass is 9.97. The van der Waals surface area contributed by atoms with Gasteiger partial charge in [-0.3, -0.25) is 4.90 Å². The van der Waals surface area contributed by atoms with Gasteiger partial charge in [0.1, 0.15) is 10.6 Å². The van der Waals surface area contributed by atoms with Crippen molar-refractivity contribution in [2.75, 3.05) is 25.4 Å². The predicted molar refractivity (Wildman–Crippen MR) is 109 cm³/mol. The minimum atomic E-state index is -0.324. The molecule has 3 rings (SSSR count). The van der Waals surface area contributed by atoms with E-state index >= 15 is 0 Å². The highest BCUT2D eigenvalue weighted by Gasteiger charge is 2.26. The molecule has 0 atom stereocenters. The molecule has 1 aliphatic heterocycles. The number of piperidine rings is 1. The Hall–Kier alpha value is -1.85. The largest absolute Gasteiger partial charge is 0.462 e. The maximum absolute atomic E-state index is 12.6. The minimum absolute atomic E-state index is 0.324. The number of carbonyl (C=O) groups is 1. The summed E-state index contributed by atoms with van der Waals surface area (Å²) in [6.45, 7) is 9.58. The van der Waals surface area contributed by atoms with Gasteiger partial charge in [0.15, 0.2) is 0 Å². The van der Waals surface area contributed by atoms with Crippen LogP contribution in [0, 0.1) is 12.8 Å². The van der Waals surface area contributed by atoms with Crippen LogP contribution in [0.2, 0.25) is 0 Å². The molecule has 0 unspecified atom stereocenters. The molecule has 1 fully saturated rings. The van der Waals surface area contributed by atoms with Crippen molar-refractivity contribution in [2.45, 2.75) is 40.2 Å². The van der Waals surface area contributed by atoms with Crippen molar-refractivity contribution >= 4 is 22.3 Å². The zero-order valence-corrected chi connectivity index (χ0v) is 16.7. The molecule has 1 aromatic carbocycles. The molecule has 0 amide bonds. The van der Waals surface area contributed by atoms with Gasteiger partial charge in [0.25, 0.3) is 0 Å². The Bertz CT molecular complexity index is 759. The smallest absolute Gasteiger partial charge is 0.341 e. The van der Waals surface area contributed by atoms with Crippen LogP contribution in [-0.4, -0.2) is 30.6 Å². The molecule has 4 nitrogen and oxygen atoms in total. The molecular weight excluding hydrogens is 344 g/mol. The van der Waals surface area contributed by atoms with Crippen molar-refractivity contribution in [3.05, 3.63) is 40.3 Å². The fraction of sp³-hybridized carbons (Fsp3) is 0.476. The van der Waals surface area contributed by atoms with Gasteiger partial charge in [0, 0.05) is 17.0 Å². The molecule has 0 spiro atoms. The van der Waals surface area contributed by atoms with Crippen LogP contribution in [0.5, 0.6) is 0 Å². The summed E-state index contributed by atoms with van der Waals surface area (Å²) in [7, 11) is 0. The van der Waals surface area contributed by atoms with Crippen LogP contribution >= 0.6 is 11.3 Å². The Morgan fingerprint density at radius 1 is 1.27 bits per heavy atom. The normalized spacial score (nSPS) is 16.0. The van der Waals surface area contributed by atoms with Crippen LogP contribution in [0.3, 0.4) is 0 Å². The number of carbonyl (C=O) groups excluding carboxylic acids is 1. The molecule has 1 aromatic heterocycles. The molecule has 26 heavy (non-hydrogen) atoms. The molecule has 0 radical (unpaired) electrons. The number of hydrogen-bond acceptors (Lipinski definition) is 5. The fourth-order valence-corrected chi connectivity index (χ4v) is 4.59. The topological polar surface area (TPSA) is 55.6 Å². The Morgan fingerprint density at radius 3 is 2.54 bits per heavy atom. The molecule has 5 heteroatoms. The van der Waals surface area contributed by atoms with Crippen LogP contribution in [0.1, 0.15) is 47.5 Å². The summed E-state index contributed by atoms with van der Waals surface area (Å²) in [5.41, 5.74) is 9.97. The predicted octanol–water partition coefficient (Wildman–Crippen LogP) is 4.71. The number of benzene rings is 1. The maximum atomic E-state index is 12.6. The fourth-order valence-electron chi connectivity index (χ4n) is 3.46. The SMILES string of the molecule is CCOC(=O)c1c(N)sc(CN2CCC(C)CC2)c1-c1ccc(C)cc1. The van der Waals surface area contributed by atoms with Crippen molar-refractivity contribution in [3.63, 3.8) is 0 Å². The average Bonchev–Trinajstić information content (AvgIpc) is 2.94. The van der Waals surface area contributed by atoms with Gasteiger partial charge in [0.2, 0.25) is 0 Å². The number of aryl methyl sites for hydroxylation is 1. The number of likely N-dealkylation sites (tertiary alicyclic amines) is 1. The molecule has 0 aliphatic carbocycles. The molecule has 0 bridgehead atoms. The van der Waals surface area contributed by atoms with Crippen LogP contribution in [-0.2, 0) is 11.3 Å². The first kappa shape index (κ1) is 18.9. The number of ether oxygens (including phenoxy) is 1. The Balaban J connectivity index is 1.99. The Kier molecular flexibility index (Phi) is 5.99. The third kappa shape index (κ3) is 4.10. The second-order valence-electron chi connectivity index (χ2n) is 7.18. The van der Waals surface area contributed by atoms with E-state index < -0.39 is 0 Å². The highest BCUT2D eigenvalue weighted by molar-refractivity contribution is 7.17. The first-order valence-corrected chi connectivity index (χ1v) is 10.2. The lowest BCUT2D eigenvalue weighted by Crippen LogP contribution is -2.32. The number of esters is 1. The number of nitrogens with two attached hydrogens (primary N) is 1. The van der Waals surface area contributed by atoms with Gasteiger partial charge in [-0.15, -0.1) is 11.3 Å². The van der Waals surface area contributed by atoms with Crippen molar-refractivity contribution in [1.29, 1.82) is 0 Å². The number of nitrogens with zero attached hydrogens (tertiary/aromatic N) is 1.